The summed E-state index contributed by atoms with van der Waals surface area (Å²) in [6.07, 6.45) is 1.55. The number of aromatic nitrogens is 1. The number of hydrogen-bond donors (Lipinski definition) is 1. The summed E-state index contributed by atoms with van der Waals surface area (Å²) in [6, 6.07) is 10.5. The van der Waals surface area contributed by atoms with Crippen molar-refractivity contribution in [1.29, 1.82) is 0 Å². The van der Waals surface area contributed by atoms with Gasteiger partial charge >= 0.3 is 0 Å². The number of nitrogens with one attached hydrogen (secondary N) is 1. The molecule has 0 saturated carbocycles. The molecule has 0 unspecified atom stereocenters. The lowest BCUT2D eigenvalue weighted by atomic mass is 10.2. The van der Waals surface area contributed by atoms with Crippen LogP contribution in [0.3, 0.4) is 0 Å². The molecule has 2 aromatic rings. The minimum Gasteiger partial charge on any atom is -0.372 e. The quantitative estimate of drug-likeness (QED) is 0.938. The number of nitrogens with zero attached hydrogens (tertiary/aromatic N) is 2. The largest absolute Gasteiger partial charge is 0.372 e. The van der Waals surface area contributed by atoms with Crippen molar-refractivity contribution in [3.8, 4) is 0 Å². The van der Waals surface area contributed by atoms with Crippen molar-refractivity contribution in [3.63, 3.8) is 0 Å². The third-order valence-corrected chi connectivity index (χ3v) is 4.86. The number of sulfonamides is 1. The minimum atomic E-state index is -3.64. The van der Waals surface area contributed by atoms with Crippen LogP contribution in [0.15, 0.2) is 47.5 Å². The van der Waals surface area contributed by atoms with Crippen molar-refractivity contribution in [2.24, 2.45) is 0 Å². The van der Waals surface area contributed by atoms with Gasteiger partial charge in [0.25, 0.3) is 10.0 Å². The minimum absolute atomic E-state index is 0.158. The van der Waals surface area contributed by atoms with Crippen LogP contribution < -0.4 is 9.62 Å². The highest BCUT2D eigenvalue weighted by Crippen LogP contribution is 2.25. The summed E-state index contributed by atoms with van der Waals surface area (Å²) >= 11 is 0. The van der Waals surface area contributed by atoms with Gasteiger partial charge in [-0.2, -0.15) is 0 Å². The lowest BCUT2D eigenvalue weighted by Gasteiger charge is -2.20. The van der Waals surface area contributed by atoms with E-state index in [4.69, 9.17) is 0 Å². The van der Waals surface area contributed by atoms with Gasteiger partial charge in [-0.15, -0.1) is 0 Å². The van der Waals surface area contributed by atoms with E-state index in [2.05, 4.69) is 10.3 Å². The molecule has 20 heavy (non-hydrogen) atoms. The topological polar surface area (TPSA) is 62.3 Å². The Hall–Kier alpha value is -2.08. The lowest BCUT2D eigenvalue weighted by molar-refractivity contribution is 0.594. The van der Waals surface area contributed by atoms with Crippen molar-refractivity contribution >= 4 is 21.5 Å². The van der Waals surface area contributed by atoms with E-state index in [9.17, 15) is 8.42 Å². The molecule has 0 aliphatic heterocycles. The van der Waals surface area contributed by atoms with Gasteiger partial charge in [0.2, 0.25) is 0 Å². The molecule has 1 heterocycles. The van der Waals surface area contributed by atoms with E-state index in [1.165, 1.54) is 11.4 Å². The molecule has 0 atom stereocenters. The van der Waals surface area contributed by atoms with Crippen LogP contribution in [0.4, 0.5) is 11.5 Å². The smallest absolute Gasteiger partial charge is 0.267 e. The predicted molar refractivity (Wildman–Crippen MR) is 80.6 cm³/mol. The average Bonchev–Trinajstić information content (AvgIpc) is 2.47. The van der Waals surface area contributed by atoms with Crippen LogP contribution in [0, 0.1) is 6.92 Å². The van der Waals surface area contributed by atoms with Gasteiger partial charge in [0, 0.05) is 20.3 Å². The van der Waals surface area contributed by atoms with E-state index in [1.54, 1.807) is 37.5 Å². The van der Waals surface area contributed by atoms with E-state index in [-0.39, 0.29) is 4.90 Å². The summed E-state index contributed by atoms with van der Waals surface area (Å²) in [7, 11) is -0.459. The Kier molecular flexibility index (Phi) is 3.94. The fourth-order valence-electron chi connectivity index (χ4n) is 1.83. The van der Waals surface area contributed by atoms with Crippen LogP contribution >= 0.6 is 0 Å². The summed E-state index contributed by atoms with van der Waals surface area (Å²) in [4.78, 5) is 4.19. The molecule has 5 nitrogen and oxygen atoms in total. The van der Waals surface area contributed by atoms with Gasteiger partial charge in [0.15, 0.2) is 0 Å². The molecule has 106 valence electrons. The first-order valence-corrected chi connectivity index (χ1v) is 7.59. The molecule has 1 aromatic carbocycles. The maximum atomic E-state index is 12.6. The third kappa shape index (κ3) is 2.60. The molecular weight excluding hydrogens is 274 g/mol. The maximum Gasteiger partial charge on any atom is 0.267 e. The third-order valence-electron chi connectivity index (χ3n) is 3.04. The van der Waals surface area contributed by atoms with Gasteiger partial charge in [0.1, 0.15) is 10.7 Å². The molecule has 2 rings (SSSR count). The van der Waals surface area contributed by atoms with Gasteiger partial charge in [0.05, 0.1) is 5.69 Å². The molecule has 0 spiro atoms. The van der Waals surface area contributed by atoms with Crippen LogP contribution in [0.25, 0.3) is 0 Å². The van der Waals surface area contributed by atoms with Gasteiger partial charge < -0.3 is 5.32 Å². The Morgan fingerprint density at radius 2 is 1.80 bits per heavy atom. The Balaban J connectivity index is 2.46. The molecule has 0 bridgehead atoms. The fraction of sp³-hybridized carbons (Fsp3) is 0.214. The highest BCUT2D eigenvalue weighted by Gasteiger charge is 2.24. The molecule has 0 aliphatic carbocycles. The van der Waals surface area contributed by atoms with Gasteiger partial charge in [-0.3, -0.25) is 4.31 Å². The Morgan fingerprint density at radius 3 is 2.40 bits per heavy atom. The molecule has 0 aliphatic rings. The Labute approximate surface area is 119 Å². The average molecular weight is 291 g/mol. The first kappa shape index (κ1) is 14.3. The number of benzene rings is 1. The standard InChI is InChI=1S/C14H17N3O2S/c1-11-6-8-12(9-7-11)17(3)20(18,19)13-5-4-10-16-14(13)15-2/h4-10H,1-3H3,(H,15,16). The summed E-state index contributed by atoms with van der Waals surface area (Å²) < 4.78 is 26.5. The van der Waals surface area contributed by atoms with Crippen LogP contribution in [-0.4, -0.2) is 27.5 Å². The zero-order valence-electron chi connectivity index (χ0n) is 11.7. The van der Waals surface area contributed by atoms with E-state index in [0.29, 0.717) is 11.5 Å². The van der Waals surface area contributed by atoms with E-state index < -0.39 is 10.0 Å². The van der Waals surface area contributed by atoms with Crippen molar-refractivity contribution in [1.82, 2.24) is 4.98 Å². The molecule has 0 saturated heterocycles. The van der Waals surface area contributed by atoms with Gasteiger partial charge in [-0.1, -0.05) is 17.7 Å². The van der Waals surface area contributed by atoms with Gasteiger partial charge in [-0.05, 0) is 31.2 Å². The molecule has 0 amide bonds. The molecule has 1 aromatic heterocycles. The van der Waals surface area contributed by atoms with Gasteiger partial charge in [-0.25, -0.2) is 13.4 Å². The zero-order chi connectivity index (χ0) is 14.8. The number of pyridine rings is 1. The second-order valence-corrected chi connectivity index (χ2v) is 6.35. The molecule has 1 N–H and O–H groups in total. The summed E-state index contributed by atoms with van der Waals surface area (Å²) in [6.45, 7) is 1.96. The number of aryl methyl sites for hydroxylation is 1. The molecule has 6 heteroatoms. The van der Waals surface area contributed by atoms with Crippen LogP contribution in [0.1, 0.15) is 5.56 Å². The maximum absolute atomic E-state index is 12.6. The van der Waals surface area contributed by atoms with Crippen LogP contribution in [0.2, 0.25) is 0 Å². The van der Waals surface area contributed by atoms with E-state index >= 15 is 0 Å². The van der Waals surface area contributed by atoms with Crippen LogP contribution in [0.5, 0.6) is 0 Å². The first-order chi connectivity index (χ1) is 9.46. The number of rotatable bonds is 4. The molecule has 0 radical (unpaired) electrons. The molecular formula is C14H17N3O2S. The van der Waals surface area contributed by atoms with Crippen molar-refractivity contribution in [2.45, 2.75) is 11.8 Å². The summed E-state index contributed by atoms with van der Waals surface area (Å²) in [5, 5.41) is 2.80. The fourth-order valence-corrected chi connectivity index (χ4v) is 3.17. The second kappa shape index (κ2) is 5.50. The second-order valence-electron chi connectivity index (χ2n) is 4.41. The summed E-state index contributed by atoms with van der Waals surface area (Å²) in [5.74, 6) is 0.339. The van der Waals surface area contributed by atoms with Crippen molar-refractivity contribution in [3.05, 3.63) is 48.2 Å². The monoisotopic (exact) mass is 291 g/mol. The van der Waals surface area contributed by atoms with Crippen molar-refractivity contribution in [2.75, 3.05) is 23.7 Å². The lowest BCUT2D eigenvalue weighted by Crippen LogP contribution is -2.27. The Bertz CT molecular complexity index is 697. The predicted octanol–water partition coefficient (Wildman–Crippen LogP) is 2.26. The van der Waals surface area contributed by atoms with E-state index in [1.807, 2.05) is 19.1 Å². The number of hydrogen-bond acceptors (Lipinski definition) is 4. The highest BCUT2D eigenvalue weighted by molar-refractivity contribution is 7.93. The van der Waals surface area contributed by atoms with E-state index in [0.717, 1.165) is 5.56 Å². The SMILES string of the molecule is CNc1ncccc1S(=O)(=O)N(C)c1ccc(C)cc1. The number of anilines is 2. The summed E-state index contributed by atoms with van der Waals surface area (Å²) in [5.41, 5.74) is 1.69. The highest BCUT2D eigenvalue weighted by atomic mass is 32.2. The molecule has 0 fully saturated rings. The zero-order valence-corrected chi connectivity index (χ0v) is 12.5. The van der Waals surface area contributed by atoms with Crippen LogP contribution in [-0.2, 0) is 10.0 Å². The first-order valence-electron chi connectivity index (χ1n) is 6.15. The normalized spacial score (nSPS) is 11.2. The Morgan fingerprint density at radius 1 is 1.15 bits per heavy atom. The van der Waals surface area contributed by atoms with Crippen molar-refractivity contribution < 1.29 is 8.42 Å².